The molecule has 3 N–H and O–H groups in total. The summed E-state index contributed by atoms with van der Waals surface area (Å²) in [5.74, 6) is -0.575. The van der Waals surface area contributed by atoms with Gasteiger partial charge in [-0.2, -0.15) is 0 Å². The molecule has 0 radical (unpaired) electrons. The third kappa shape index (κ3) is 4.64. The van der Waals surface area contributed by atoms with E-state index in [-0.39, 0.29) is 35.6 Å². The van der Waals surface area contributed by atoms with E-state index in [9.17, 15) is 19.8 Å². The Balaban J connectivity index is 1.87. The number of amides is 2. The smallest absolute Gasteiger partial charge is 0.407 e. The van der Waals surface area contributed by atoms with Gasteiger partial charge in [0, 0.05) is 30.8 Å². The first-order valence-electron chi connectivity index (χ1n) is 7.36. The van der Waals surface area contributed by atoms with Gasteiger partial charge in [-0.3, -0.25) is 4.79 Å². The number of phenols is 2. The summed E-state index contributed by atoms with van der Waals surface area (Å²) >= 11 is 0. The Morgan fingerprint density at radius 2 is 1.87 bits per heavy atom. The minimum absolute atomic E-state index is 0.0473. The van der Waals surface area contributed by atoms with E-state index in [0.29, 0.717) is 25.9 Å². The lowest BCUT2D eigenvalue weighted by atomic mass is 10.0. The van der Waals surface area contributed by atoms with E-state index >= 15 is 0 Å². The van der Waals surface area contributed by atoms with Gasteiger partial charge in [0.2, 0.25) is 0 Å². The summed E-state index contributed by atoms with van der Waals surface area (Å²) in [7, 11) is 0. The van der Waals surface area contributed by atoms with Crippen molar-refractivity contribution in [2.75, 3.05) is 19.7 Å². The zero-order valence-corrected chi connectivity index (χ0v) is 12.7. The zero-order chi connectivity index (χ0) is 16.8. The summed E-state index contributed by atoms with van der Waals surface area (Å²) in [6, 6.07) is 3.76. The molecule has 0 unspecified atom stereocenters. The molecule has 0 aliphatic carbocycles. The van der Waals surface area contributed by atoms with Gasteiger partial charge in [-0.15, -0.1) is 0 Å². The lowest BCUT2D eigenvalue weighted by Crippen LogP contribution is -2.46. The Kier molecular flexibility index (Phi) is 5.46. The number of carbonyl (C=O) groups is 2. The average Bonchev–Trinajstić information content (AvgIpc) is 2.52. The largest absolute Gasteiger partial charge is 0.508 e. The second kappa shape index (κ2) is 7.53. The molecular weight excluding hydrogens is 300 g/mol. The van der Waals surface area contributed by atoms with E-state index < -0.39 is 6.09 Å². The summed E-state index contributed by atoms with van der Waals surface area (Å²) in [6.45, 7) is 4.57. The number of phenolic OH excluding ortho intramolecular Hbond substituents is 2. The minimum atomic E-state index is -0.493. The molecule has 0 spiro atoms. The van der Waals surface area contributed by atoms with Gasteiger partial charge >= 0.3 is 6.09 Å². The maximum Gasteiger partial charge on any atom is 0.407 e. The van der Waals surface area contributed by atoms with Crippen LogP contribution in [0.1, 0.15) is 23.2 Å². The van der Waals surface area contributed by atoms with Crippen LogP contribution in [0.4, 0.5) is 4.79 Å². The van der Waals surface area contributed by atoms with Crippen molar-refractivity contribution in [2.45, 2.75) is 18.9 Å². The van der Waals surface area contributed by atoms with Crippen LogP contribution in [-0.4, -0.2) is 52.9 Å². The summed E-state index contributed by atoms with van der Waals surface area (Å²) in [6.07, 6.45) is 2.22. The molecule has 1 aromatic rings. The van der Waals surface area contributed by atoms with Crippen molar-refractivity contribution in [2.24, 2.45) is 0 Å². The number of hydrogen-bond acceptors (Lipinski definition) is 5. The molecule has 2 amide bonds. The van der Waals surface area contributed by atoms with Crippen molar-refractivity contribution in [1.29, 1.82) is 0 Å². The van der Waals surface area contributed by atoms with Gasteiger partial charge in [0.1, 0.15) is 18.1 Å². The maximum absolute atomic E-state index is 12.4. The molecule has 1 aromatic carbocycles. The molecule has 0 aromatic heterocycles. The topological polar surface area (TPSA) is 99.1 Å². The van der Waals surface area contributed by atoms with E-state index in [4.69, 9.17) is 4.74 Å². The fourth-order valence-corrected chi connectivity index (χ4v) is 2.47. The van der Waals surface area contributed by atoms with Crippen LogP contribution in [0.5, 0.6) is 11.5 Å². The first kappa shape index (κ1) is 16.7. The number of rotatable bonds is 4. The Morgan fingerprint density at radius 1 is 1.26 bits per heavy atom. The third-order valence-electron chi connectivity index (χ3n) is 3.59. The fourth-order valence-electron chi connectivity index (χ4n) is 2.47. The average molecular weight is 320 g/mol. The van der Waals surface area contributed by atoms with Crippen molar-refractivity contribution < 1.29 is 24.5 Å². The van der Waals surface area contributed by atoms with Crippen molar-refractivity contribution >= 4 is 12.0 Å². The molecule has 124 valence electrons. The minimum Gasteiger partial charge on any atom is -0.508 e. The molecule has 7 nitrogen and oxygen atoms in total. The van der Waals surface area contributed by atoms with Crippen molar-refractivity contribution in [3.63, 3.8) is 0 Å². The van der Waals surface area contributed by atoms with Gasteiger partial charge in [0.05, 0.1) is 0 Å². The number of benzene rings is 1. The van der Waals surface area contributed by atoms with E-state index in [1.165, 1.54) is 24.3 Å². The zero-order valence-electron chi connectivity index (χ0n) is 12.7. The molecule has 2 rings (SSSR count). The fraction of sp³-hybridized carbons (Fsp3) is 0.375. The van der Waals surface area contributed by atoms with E-state index in [0.717, 1.165) is 0 Å². The highest BCUT2D eigenvalue weighted by molar-refractivity contribution is 5.95. The summed E-state index contributed by atoms with van der Waals surface area (Å²) < 4.78 is 4.86. The molecule has 7 heteroatoms. The highest BCUT2D eigenvalue weighted by Crippen LogP contribution is 2.22. The second-order valence-corrected chi connectivity index (χ2v) is 5.34. The third-order valence-corrected chi connectivity index (χ3v) is 3.59. The standard InChI is InChI=1S/C16H20N2O5/c1-2-7-23-16(22)17-12-3-5-18(6-4-12)15(21)11-8-13(19)10-14(20)9-11/h2,8-10,12,19-20H,1,3-7H2,(H,17,22). The first-order chi connectivity index (χ1) is 11.0. The van der Waals surface area contributed by atoms with E-state index in [1.807, 2.05) is 0 Å². The summed E-state index contributed by atoms with van der Waals surface area (Å²) in [5, 5.41) is 21.7. The maximum atomic E-state index is 12.4. The van der Waals surface area contributed by atoms with Crippen LogP contribution in [0, 0.1) is 0 Å². The highest BCUT2D eigenvalue weighted by Gasteiger charge is 2.25. The molecule has 0 saturated carbocycles. The first-order valence-corrected chi connectivity index (χ1v) is 7.36. The lowest BCUT2D eigenvalue weighted by Gasteiger charge is -2.32. The number of nitrogens with zero attached hydrogens (tertiary/aromatic N) is 1. The van der Waals surface area contributed by atoms with Gasteiger partial charge in [-0.1, -0.05) is 12.7 Å². The Bertz CT molecular complexity index is 574. The normalized spacial score (nSPS) is 15.0. The van der Waals surface area contributed by atoms with Crippen molar-refractivity contribution in [3.8, 4) is 11.5 Å². The molecule has 1 heterocycles. The molecule has 0 bridgehead atoms. The molecule has 1 fully saturated rings. The van der Waals surface area contributed by atoms with Crippen LogP contribution in [0.25, 0.3) is 0 Å². The summed E-state index contributed by atoms with van der Waals surface area (Å²) in [4.78, 5) is 25.4. The molecule has 1 aliphatic rings. The number of aromatic hydroxyl groups is 2. The molecule has 0 atom stereocenters. The van der Waals surface area contributed by atoms with Gasteiger partial charge < -0.3 is 25.2 Å². The van der Waals surface area contributed by atoms with Crippen LogP contribution >= 0.6 is 0 Å². The lowest BCUT2D eigenvalue weighted by molar-refractivity contribution is 0.0702. The number of piperidine rings is 1. The van der Waals surface area contributed by atoms with Crippen LogP contribution in [0.2, 0.25) is 0 Å². The molecular formula is C16H20N2O5. The number of carbonyl (C=O) groups excluding carboxylic acids is 2. The number of alkyl carbamates (subject to hydrolysis) is 1. The predicted molar refractivity (Wildman–Crippen MR) is 83.4 cm³/mol. The number of likely N-dealkylation sites (tertiary alicyclic amines) is 1. The van der Waals surface area contributed by atoms with Gasteiger partial charge in [-0.05, 0) is 25.0 Å². The Hall–Kier alpha value is -2.70. The van der Waals surface area contributed by atoms with Crippen LogP contribution < -0.4 is 5.32 Å². The summed E-state index contributed by atoms with van der Waals surface area (Å²) in [5.41, 5.74) is 0.235. The van der Waals surface area contributed by atoms with Gasteiger partial charge in [0.15, 0.2) is 0 Å². The van der Waals surface area contributed by atoms with Crippen LogP contribution in [0.15, 0.2) is 30.9 Å². The number of hydrogen-bond donors (Lipinski definition) is 3. The number of ether oxygens (including phenoxy) is 1. The molecule has 23 heavy (non-hydrogen) atoms. The van der Waals surface area contributed by atoms with Crippen LogP contribution in [0.3, 0.4) is 0 Å². The highest BCUT2D eigenvalue weighted by atomic mass is 16.5. The number of nitrogens with one attached hydrogen (secondary N) is 1. The Morgan fingerprint density at radius 3 is 2.43 bits per heavy atom. The van der Waals surface area contributed by atoms with E-state index in [1.54, 1.807) is 4.90 Å². The van der Waals surface area contributed by atoms with Gasteiger partial charge in [0.25, 0.3) is 5.91 Å². The van der Waals surface area contributed by atoms with Crippen molar-refractivity contribution in [3.05, 3.63) is 36.4 Å². The molecule has 1 aliphatic heterocycles. The molecule has 1 saturated heterocycles. The second-order valence-electron chi connectivity index (χ2n) is 5.34. The predicted octanol–water partition coefficient (Wildman–Crippen LogP) is 1.61. The van der Waals surface area contributed by atoms with Crippen molar-refractivity contribution in [1.82, 2.24) is 10.2 Å². The quantitative estimate of drug-likeness (QED) is 0.732. The monoisotopic (exact) mass is 320 g/mol. The van der Waals surface area contributed by atoms with Crippen LogP contribution in [-0.2, 0) is 4.74 Å². The SMILES string of the molecule is C=CCOC(=O)NC1CCN(C(=O)c2cc(O)cc(O)c2)CC1. The van der Waals surface area contributed by atoms with Gasteiger partial charge in [-0.25, -0.2) is 4.79 Å². The van der Waals surface area contributed by atoms with E-state index in [2.05, 4.69) is 11.9 Å². The Labute approximate surface area is 134 Å².